The number of rotatable bonds is 6. The van der Waals surface area contributed by atoms with Gasteiger partial charge in [-0.1, -0.05) is 0 Å². The van der Waals surface area contributed by atoms with Gasteiger partial charge in [-0.05, 0) is 25.3 Å². The summed E-state index contributed by atoms with van der Waals surface area (Å²) in [5, 5.41) is 0.984. The number of carbonyl (C=O) groups excluding carboxylic acids is 1. The monoisotopic (exact) mass is 286 g/mol. The topological polar surface area (TPSA) is 42.4 Å². The first-order valence-corrected chi connectivity index (χ1v) is 7.36. The lowest BCUT2D eigenvalue weighted by molar-refractivity contribution is 0.0606. The van der Waals surface area contributed by atoms with Crippen LogP contribution in [0.3, 0.4) is 0 Å². The summed E-state index contributed by atoms with van der Waals surface area (Å²) >= 11 is 1.41. The van der Waals surface area contributed by atoms with Crippen LogP contribution in [0.2, 0.25) is 0 Å². The van der Waals surface area contributed by atoms with Crippen LogP contribution < -0.4 is 0 Å². The molecule has 2 heterocycles. The minimum atomic E-state index is -0.320. The molecule has 19 heavy (non-hydrogen) atoms. The molecule has 4 nitrogen and oxygen atoms in total. The zero-order chi connectivity index (χ0) is 13.7. The van der Waals surface area contributed by atoms with Gasteiger partial charge in [-0.15, -0.1) is 11.3 Å². The summed E-state index contributed by atoms with van der Waals surface area (Å²) in [6.45, 7) is 2.65. The Labute approximate surface area is 116 Å². The highest BCUT2D eigenvalue weighted by atomic mass is 32.1. The number of carbonyl (C=O) groups is 1. The van der Waals surface area contributed by atoms with Gasteiger partial charge in [-0.25, -0.2) is 9.78 Å². The van der Waals surface area contributed by atoms with Crippen molar-refractivity contribution < 1.29 is 13.9 Å². The highest BCUT2D eigenvalue weighted by Gasteiger charge is 2.23. The van der Waals surface area contributed by atoms with Crippen molar-refractivity contribution in [2.75, 3.05) is 33.4 Å². The number of nitrogens with zero attached hydrogens (tertiary/aromatic N) is 2. The molecule has 1 saturated heterocycles. The van der Waals surface area contributed by atoms with E-state index >= 15 is 0 Å². The predicted molar refractivity (Wildman–Crippen MR) is 72.3 cm³/mol. The predicted octanol–water partition coefficient (Wildman–Crippen LogP) is 2.15. The maximum Gasteiger partial charge on any atom is 0.349 e. The molecule has 1 aliphatic rings. The molecule has 0 aliphatic carbocycles. The second-order valence-corrected chi connectivity index (χ2v) is 5.93. The van der Waals surface area contributed by atoms with Crippen LogP contribution >= 0.6 is 11.3 Å². The molecular weight excluding hydrogens is 267 g/mol. The van der Waals surface area contributed by atoms with Crippen LogP contribution in [0.15, 0.2) is 6.20 Å². The quantitative estimate of drug-likeness (QED) is 0.752. The Kier molecular flexibility index (Phi) is 5.27. The Bertz CT molecular complexity index is 425. The number of aromatic nitrogens is 1. The van der Waals surface area contributed by atoms with E-state index in [1.165, 1.54) is 18.4 Å². The number of hydrogen-bond donors (Lipinski definition) is 0. The number of ether oxygens (including phenoxy) is 1. The first-order valence-electron chi connectivity index (χ1n) is 6.54. The maximum absolute atomic E-state index is 12.1. The lowest BCUT2D eigenvalue weighted by atomic mass is 10.1. The van der Waals surface area contributed by atoms with Crippen molar-refractivity contribution in [3.8, 4) is 0 Å². The molecule has 106 valence electrons. The van der Waals surface area contributed by atoms with E-state index in [1.54, 1.807) is 6.20 Å². The molecule has 1 aromatic heterocycles. The van der Waals surface area contributed by atoms with Gasteiger partial charge in [0.2, 0.25) is 0 Å². The number of thiazole rings is 1. The second-order valence-electron chi connectivity index (χ2n) is 4.81. The van der Waals surface area contributed by atoms with Crippen molar-refractivity contribution >= 4 is 17.3 Å². The number of methoxy groups -OCH3 is 1. The van der Waals surface area contributed by atoms with Crippen molar-refractivity contribution in [1.82, 2.24) is 9.88 Å². The number of halogens is 1. The second kappa shape index (κ2) is 6.96. The molecule has 2 rings (SSSR count). The molecule has 1 atom stereocenters. The molecule has 1 fully saturated rings. The van der Waals surface area contributed by atoms with Crippen molar-refractivity contribution in [3.05, 3.63) is 16.1 Å². The van der Waals surface area contributed by atoms with Gasteiger partial charge in [-0.3, -0.25) is 4.39 Å². The van der Waals surface area contributed by atoms with E-state index in [-0.39, 0.29) is 12.6 Å². The van der Waals surface area contributed by atoms with Gasteiger partial charge in [-0.2, -0.15) is 0 Å². The molecule has 0 amide bonds. The van der Waals surface area contributed by atoms with E-state index in [4.69, 9.17) is 0 Å². The minimum Gasteiger partial charge on any atom is -0.465 e. The largest absolute Gasteiger partial charge is 0.465 e. The number of hydrogen-bond acceptors (Lipinski definition) is 5. The molecule has 1 aromatic rings. The molecule has 0 aromatic carbocycles. The first kappa shape index (κ1) is 14.4. The zero-order valence-corrected chi connectivity index (χ0v) is 11.9. The fourth-order valence-corrected chi connectivity index (χ4v) is 3.36. The van der Waals surface area contributed by atoms with Crippen LogP contribution in [0.5, 0.6) is 0 Å². The molecule has 1 aliphatic heterocycles. The van der Waals surface area contributed by atoms with Crippen molar-refractivity contribution in [2.24, 2.45) is 5.92 Å². The standard InChI is InChI=1S/C13H19FN2O2S/c1-18-13(17)11-8-15-12(19-11)7-10-3-6-16(9-10)5-2-4-14/h8,10H,2-7,9H2,1H3/t10-/m0/s1. The number of likely N-dealkylation sites (tertiary alicyclic amines) is 1. The van der Waals surface area contributed by atoms with Gasteiger partial charge < -0.3 is 9.64 Å². The van der Waals surface area contributed by atoms with Crippen molar-refractivity contribution in [2.45, 2.75) is 19.3 Å². The normalized spacial score (nSPS) is 19.8. The number of esters is 1. The average Bonchev–Trinajstić information content (AvgIpc) is 3.05. The van der Waals surface area contributed by atoms with E-state index in [1.807, 2.05) is 0 Å². The molecule has 0 spiro atoms. The Morgan fingerprint density at radius 2 is 2.53 bits per heavy atom. The van der Waals surface area contributed by atoms with E-state index in [2.05, 4.69) is 14.6 Å². The SMILES string of the molecule is COC(=O)c1cnc(C[C@@H]2CCN(CCCF)C2)s1. The van der Waals surface area contributed by atoms with Crippen LogP contribution in [-0.4, -0.2) is 49.3 Å². The third-order valence-electron chi connectivity index (χ3n) is 3.38. The molecule has 0 N–H and O–H groups in total. The zero-order valence-electron chi connectivity index (χ0n) is 11.1. The third kappa shape index (κ3) is 3.98. The van der Waals surface area contributed by atoms with Crippen LogP contribution in [0.1, 0.15) is 27.5 Å². The van der Waals surface area contributed by atoms with Crippen molar-refractivity contribution in [3.63, 3.8) is 0 Å². The summed E-state index contributed by atoms with van der Waals surface area (Å²) in [5.41, 5.74) is 0. The lowest BCUT2D eigenvalue weighted by Crippen LogP contribution is -2.22. The van der Waals surface area contributed by atoms with Crippen LogP contribution in [0, 0.1) is 5.92 Å². The molecule has 0 bridgehead atoms. The van der Waals surface area contributed by atoms with E-state index in [9.17, 15) is 9.18 Å². The molecule has 6 heteroatoms. The highest BCUT2D eigenvalue weighted by Crippen LogP contribution is 2.23. The van der Waals surface area contributed by atoms with Crippen molar-refractivity contribution in [1.29, 1.82) is 0 Å². The first-order chi connectivity index (χ1) is 9.22. The summed E-state index contributed by atoms with van der Waals surface area (Å²) in [6.07, 6.45) is 4.23. The summed E-state index contributed by atoms with van der Waals surface area (Å²) < 4.78 is 16.8. The van der Waals surface area contributed by atoms with E-state index in [0.717, 1.165) is 37.5 Å². The van der Waals surface area contributed by atoms with Gasteiger partial charge in [0, 0.05) is 19.5 Å². The molecular formula is C13H19FN2O2S. The maximum atomic E-state index is 12.1. The fourth-order valence-electron chi connectivity index (χ4n) is 2.41. The van der Waals surface area contributed by atoms with Crippen LogP contribution in [0.4, 0.5) is 4.39 Å². The Balaban J connectivity index is 1.82. The summed E-state index contributed by atoms with van der Waals surface area (Å²) in [5.74, 6) is 0.246. The third-order valence-corrected chi connectivity index (χ3v) is 4.38. The summed E-state index contributed by atoms with van der Waals surface area (Å²) in [7, 11) is 1.38. The number of alkyl halides is 1. The average molecular weight is 286 g/mol. The van der Waals surface area contributed by atoms with Gasteiger partial charge in [0.05, 0.1) is 25.0 Å². The van der Waals surface area contributed by atoms with E-state index in [0.29, 0.717) is 17.2 Å². The summed E-state index contributed by atoms with van der Waals surface area (Å²) in [6, 6.07) is 0. The van der Waals surface area contributed by atoms with Gasteiger partial charge in [0.15, 0.2) is 0 Å². The molecule has 0 radical (unpaired) electrons. The van der Waals surface area contributed by atoms with Gasteiger partial charge >= 0.3 is 5.97 Å². The Morgan fingerprint density at radius 1 is 1.68 bits per heavy atom. The van der Waals surface area contributed by atoms with E-state index < -0.39 is 0 Å². The fraction of sp³-hybridized carbons (Fsp3) is 0.692. The lowest BCUT2D eigenvalue weighted by Gasteiger charge is -2.14. The summed E-state index contributed by atoms with van der Waals surface area (Å²) in [4.78, 5) is 18.5. The van der Waals surface area contributed by atoms with Gasteiger partial charge in [0.1, 0.15) is 4.88 Å². The van der Waals surface area contributed by atoms with Gasteiger partial charge in [0.25, 0.3) is 0 Å². The van der Waals surface area contributed by atoms with Crippen LogP contribution in [0.25, 0.3) is 0 Å². The minimum absolute atomic E-state index is 0.240. The molecule has 0 saturated carbocycles. The highest BCUT2D eigenvalue weighted by molar-refractivity contribution is 7.13. The molecule has 0 unspecified atom stereocenters. The Morgan fingerprint density at radius 3 is 3.26 bits per heavy atom. The smallest absolute Gasteiger partial charge is 0.349 e. The van der Waals surface area contributed by atoms with Crippen LogP contribution in [-0.2, 0) is 11.2 Å². The Hall–Kier alpha value is -1.01.